The van der Waals surface area contributed by atoms with Crippen LogP contribution >= 0.6 is 0 Å². The van der Waals surface area contributed by atoms with E-state index in [1.807, 2.05) is 0 Å². The first-order chi connectivity index (χ1) is 32.3. The molecule has 3 aliphatic carbocycles. The van der Waals surface area contributed by atoms with Gasteiger partial charge in [-0.05, 0) is 207 Å². The van der Waals surface area contributed by atoms with Gasteiger partial charge in [0, 0.05) is 33.6 Å². The van der Waals surface area contributed by atoms with E-state index in [0.29, 0.717) is 11.8 Å². The molecule has 6 aromatic carbocycles. The van der Waals surface area contributed by atoms with Gasteiger partial charge >= 0.3 is 0 Å². The minimum atomic E-state index is 0.0611. The van der Waals surface area contributed by atoms with Crippen LogP contribution in [0.25, 0.3) is 11.1 Å². The fourth-order valence-corrected chi connectivity index (χ4v) is 14.0. The first-order valence-electron chi connectivity index (χ1n) is 26.6. The molecule has 2 unspecified atom stereocenters. The van der Waals surface area contributed by atoms with Crippen LogP contribution in [0.15, 0.2) is 109 Å². The van der Waals surface area contributed by atoms with Crippen LogP contribution in [0.3, 0.4) is 0 Å². The van der Waals surface area contributed by atoms with E-state index in [1.165, 1.54) is 154 Å². The van der Waals surface area contributed by atoms with Crippen molar-refractivity contribution in [3.8, 4) is 11.1 Å². The highest BCUT2D eigenvalue weighted by Gasteiger charge is 2.69. The van der Waals surface area contributed by atoms with Gasteiger partial charge < -0.3 is 9.80 Å². The molecule has 0 heterocycles. The van der Waals surface area contributed by atoms with Gasteiger partial charge in [0.15, 0.2) is 0 Å². The molecule has 0 N–H and O–H groups in total. The molecule has 0 saturated heterocycles. The van der Waals surface area contributed by atoms with Crippen molar-refractivity contribution in [2.24, 2.45) is 11.8 Å². The highest BCUT2D eigenvalue weighted by molar-refractivity contribution is 5.89. The Hall–Kier alpha value is -5.08. The standard InChI is InChI=1S/C66H82N2/c1-15-17-19-49-33-35-66-50(20-18-16-2)34-36-65(49,66)59-41-55(67(53-25-21-43(3)22-26-53)61-45(5)37-51(38-46(61)6)63(9,10)11)29-31-57(59)58-32-30-56(42-60(58)66)68(54-27-23-44(4)24-28-54)62-47(7)39-52(40-48(62)8)64(12,13)14/h21-32,37-42,49-50H,15-20,33-36H2,1-14H3/t49?,50?,65-,66-/m0/s1. The summed E-state index contributed by atoms with van der Waals surface area (Å²) in [6, 6.07) is 43.9. The van der Waals surface area contributed by atoms with Crippen molar-refractivity contribution < 1.29 is 0 Å². The van der Waals surface area contributed by atoms with Crippen molar-refractivity contribution >= 4 is 34.1 Å². The molecule has 3 aliphatic rings. The number of rotatable bonds is 12. The van der Waals surface area contributed by atoms with Crippen LogP contribution in [-0.2, 0) is 21.7 Å². The molecule has 4 atom stereocenters. The Balaban J connectivity index is 1.32. The second kappa shape index (κ2) is 18.0. The van der Waals surface area contributed by atoms with Crippen molar-refractivity contribution in [3.05, 3.63) is 165 Å². The summed E-state index contributed by atoms with van der Waals surface area (Å²) in [7, 11) is 0. The molecule has 2 nitrogen and oxygen atoms in total. The topological polar surface area (TPSA) is 6.48 Å². The third kappa shape index (κ3) is 7.95. The fraction of sp³-hybridized carbons (Fsp3) is 0.455. The smallest absolute Gasteiger partial charge is 0.0520 e. The highest BCUT2D eigenvalue weighted by atomic mass is 15.2. The van der Waals surface area contributed by atoms with Crippen molar-refractivity contribution in [1.29, 1.82) is 0 Å². The Bertz CT molecular complexity index is 2570. The molecular formula is C66H82N2. The third-order valence-electron chi connectivity index (χ3n) is 17.3. The predicted molar refractivity (Wildman–Crippen MR) is 295 cm³/mol. The Morgan fingerprint density at radius 3 is 1.07 bits per heavy atom. The highest BCUT2D eigenvalue weighted by Crippen LogP contribution is 2.75. The second-order valence-corrected chi connectivity index (χ2v) is 23.9. The molecule has 356 valence electrons. The number of fused-ring (bicyclic) bond motifs is 3. The number of nitrogens with zero attached hydrogens (tertiary/aromatic N) is 2. The second-order valence-electron chi connectivity index (χ2n) is 23.9. The predicted octanol–water partition coefficient (Wildman–Crippen LogP) is 19.4. The van der Waals surface area contributed by atoms with E-state index in [9.17, 15) is 0 Å². The molecule has 0 aromatic heterocycles. The molecule has 0 radical (unpaired) electrons. The summed E-state index contributed by atoms with van der Waals surface area (Å²) in [4.78, 5) is 5.23. The van der Waals surface area contributed by atoms with Gasteiger partial charge in [0.1, 0.15) is 0 Å². The lowest BCUT2D eigenvalue weighted by Gasteiger charge is -2.53. The molecule has 2 saturated carbocycles. The SMILES string of the molecule is CCCCC1CC[C@]23c4cc(N(c5ccc(C)cc5)c5c(C)cc(C(C)(C)C)cc5C)ccc4-c4ccc(N(c5ccc(C)cc5)c5c(C)cc(C(C)(C)C)cc5C)cc4[C@]12CCC3CCCC. The Kier molecular flexibility index (Phi) is 12.7. The van der Waals surface area contributed by atoms with Gasteiger partial charge in [0.05, 0.1) is 11.4 Å². The van der Waals surface area contributed by atoms with E-state index in [0.717, 1.165) is 0 Å². The number of benzene rings is 6. The monoisotopic (exact) mass is 903 g/mol. The summed E-state index contributed by atoms with van der Waals surface area (Å²) in [6.07, 6.45) is 12.8. The van der Waals surface area contributed by atoms with Crippen LogP contribution in [0.4, 0.5) is 34.1 Å². The van der Waals surface area contributed by atoms with Crippen LogP contribution in [-0.4, -0.2) is 0 Å². The van der Waals surface area contributed by atoms with E-state index >= 15 is 0 Å². The molecule has 0 bridgehead atoms. The zero-order chi connectivity index (χ0) is 48.5. The van der Waals surface area contributed by atoms with Crippen molar-refractivity contribution in [2.45, 2.75) is 183 Å². The Labute approximate surface area is 412 Å². The molecule has 68 heavy (non-hydrogen) atoms. The average Bonchev–Trinajstić information content (AvgIpc) is 3.81. The lowest BCUT2D eigenvalue weighted by Crippen LogP contribution is -2.50. The average molecular weight is 903 g/mol. The minimum Gasteiger partial charge on any atom is -0.310 e. The third-order valence-corrected chi connectivity index (χ3v) is 17.3. The van der Waals surface area contributed by atoms with Gasteiger partial charge in [-0.15, -0.1) is 0 Å². The fourth-order valence-electron chi connectivity index (χ4n) is 14.0. The quantitative estimate of drug-likeness (QED) is 0.121. The molecule has 0 spiro atoms. The van der Waals surface area contributed by atoms with E-state index in [1.54, 1.807) is 11.1 Å². The lowest BCUT2D eigenvalue weighted by molar-refractivity contribution is 0.181. The molecule has 2 fully saturated rings. The van der Waals surface area contributed by atoms with Crippen LogP contribution in [0.5, 0.6) is 0 Å². The van der Waals surface area contributed by atoms with Crippen LogP contribution < -0.4 is 9.80 Å². The lowest BCUT2D eigenvalue weighted by atomic mass is 9.50. The van der Waals surface area contributed by atoms with Gasteiger partial charge in [-0.3, -0.25) is 0 Å². The van der Waals surface area contributed by atoms with Gasteiger partial charge in [-0.25, -0.2) is 0 Å². The number of aryl methyl sites for hydroxylation is 6. The van der Waals surface area contributed by atoms with Gasteiger partial charge in [0.2, 0.25) is 0 Å². The molecule has 0 amide bonds. The van der Waals surface area contributed by atoms with E-state index in [4.69, 9.17) is 0 Å². The number of hydrogen-bond donors (Lipinski definition) is 0. The number of hydrogen-bond acceptors (Lipinski definition) is 2. The maximum absolute atomic E-state index is 2.73. The molecular weight excluding hydrogens is 821 g/mol. The summed E-state index contributed by atoms with van der Waals surface area (Å²) in [5.41, 5.74) is 24.8. The van der Waals surface area contributed by atoms with Crippen molar-refractivity contribution in [3.63, 3.8) is 0 Å². The van der Waals surface area contributed by atoms with E-state index in [-0.39, 0.29) is 21.7 Å². The largest absolute Gasteiger partial charge is 0.310 e. The van der Waals surface area contributed by atoms with Gasteiger partial charge in [-0.1, -0.05) is 153 Å². The summed E-state index contributed by atoms with van der Waals surface area (Å²) < 4.78 is 0. The molecule has 0 aliphatic heterocycles. The van der Waals surface area contributed by atoms with Crippen LogP contribution in [0.2, 0.25) is 0 Å². The van der Waals surface area contributed by atoms with Crippen molar-refractivity contribution in [1.82, 2.24) is 0 Å². The zero-order valence-electron chi connectivity index (χ0n) is 44.5. The zero-order valence-corrected chi connectivity index (χ0v) is 44.5. The van der Waals surface area contributed by atoms with Gasteiger partial charge in [0.25, 0.3) is 0 Å². The van der Waals surface area contributed by atoms with Crippen LogP contribution in [0, 0.1) is 53.4 Å². The molecule has 2 heteroatoms. The Morgan fingerprint density at radius 1 is 0.441 bits per heavy atom. The first kappa shape index (κ1) is 48.0. The van der Waals surface area contributed by atoms with Gasteiger partial charge in [-0.2, -0.15) is 0 Å². The molecule has 6 aromatic rings. The maximum atomic E-state index is 2.73. The Morgan fingerprint density at radius 2 is 0.765 bits per heavy atom. The molecule has 9 rings (SSSR count). The minimum absolute atomic E-state index is 0.0611. The first-order valence-corrected chi connectivity index (χ1v) is 26.6. The van der Waals surface area contributed by atoms with Crippen molar-refractivity contribution in [2.75, 3.05) is 9.80 Å². The normalized spacial score (nSPS) is 20.7. The number of unbranched alkanes of at least 4 members (excludes halogenated alkanes) is 2. The summed E-state index contributed by atoms with van der Waals surface area (Å²) in [5.74, 6) is 1.29. The van der Waals surface area contributed by atoms with E-state index in [2.05, 4.69) is 216 Å². The maximum Gasteiger partial charge on any atom is 0.0520 e. The summed E-state index contributed by atoms with van der Waals surface area (Å²) in [6.45, 7) is 32.6. The number of anilines is 6. The summed E-state index contributed by atoms with van der Waals surface area (Å²) in [5, 5.41) is 0. The van der Waals surface area contributed by atoms with E-state index < -0.39 is 0 Å². The summed E-state index contributed by atoms with van der Waals surface area (Å²) >= 11 is 0. The van der Waals surface area contributed by atoms with Crippen LogP contribution in [0.1, 0.15) is 175 Å².